The first-order chi connectivity index (χ1) is 9.60. The third kappa shape index (κ3) is 3.61. The van der Waals surface area contributed by atoms with Gasteiger partial charge >= 0.3 is 0 Å². The van der Waals surface area contributed by atoms with Gasteiger partial charge in [-0.05, 0) is 31.9 Å². The van der Waals surface area contributed by atoms with Crippen LogP contribution < -0.4 is 10.5 Å². The fourth-order valence-electron chi connectivity index (χ4n) is 2.45. The summed E-state index contributed by atoms with van der Waals surface area (Å²) in [5.74, 6) is 0.890. The predicted molar refractivity (Wildman–Crippen MR) is 83.9 cm³/mol. The summed E-state index contributed by atoms with van der Waals surface area (Å²) in [5.41, 5.74) is 10.9. The van der Waals surface area contributed by atoms with Gasteiger partial charge in [-0.15, -0.1) is 0 Å². The van der Waals surface area contributed by atoms with Crippen molar-refractivity contribution in [1.82, 2.24) is 0 Å². The summed E-state index contributed by atoms with van der Waals surface area (Å²) in [6.45, 7) is 6.89. The van der Waals surface area contributed by atoms with E-state index in [1.54, 1.807) is 0 Å². The second-order valence-corrected chi connectivity index (χ2v) is 5.34. The second kappa shape index (κ2) is 6.58. The van der Waals surface area contributed by atoms with E-state index in [1.807, 2.05) is 24.3 Å². The van der Waals surface area contributed by atoms with Gasteiger partial charge < -0.3 is 10.5 Å². The van der Waals surface area contributed by atoms with Crippen molar-refractivity contribution in [2.45, 2.75) is 39.8 Å². The van der Waals surface area contributed by atoms with Crippen LogP contribution in [0.5, 0.6) is 5.75 Å². The van der Waals surface area contributed by atoms with Crippen LogP contribution in [0.1, 0.15) is 41.6 Å². The first kappa shape index (κ1) is 14.6. The summed E-state index contributed by atoms with van der Waals surface area (Å²) in [6.07, 6.45) is 0.907. The Morgan fingerprint density at radius 3 is 2.35 bits per heavy atom. The number of hydrogen-bond acceptors (Lipinski definition) is 2. The Labute approximate surface area is 121 Å². The monoisotopic (exact) mass is 269 g/mol. The van der Waals surface area contributed by atoms with Gasteiger partial charge in [-0.2, -0.15) is 0 Å². The minimum absolute atomic E-state index is 0.0328. The Morgan fingerprint density at radius 1 is 1.05 bits per heavy atom. The fourth-order valence-corrected chi connectivity index (χ4v) is 2.45. The number of para-hydroxylation sites is 1. The largest absolute Gasteiger partial charge is 0.489 e. The summed E-state index contributed by atoms with van der Waals surface area (Å²) in [5, 5.41) is 0. The lowest BCUT2D eigenvalue weighted by atomic mass is 10.0. The Balaban J connectivity index is 2.14. The van der Waals surface area contributed by atoms with Gasteiger partial charge in [0, 0.05) is 11.6 Å². The van der Waals surface area contributed by atoms with Crippen LogP contribution in [0.2, 0.25) is 0 Å². The van der Waals surface area contributed by atoms with E-state index in [9.17, 15) is 0 Å². The van der Waals surface area contributed by atoms with Crippen molar-refractivity contribution >= 4 is 0 Å². The summed E-state index contributed by atoms with van der Waals surface area (Å²) < 4.78 is 5.98. The quantitative estimate of drug-likeness (QED) is 0.878. The van der Waals surface area contributed by atoms with Gasteiger partial charge in [-0.3, -0.25) is 0 Å². The maximum atomic E-state index is 6.13. The molecule has 0 aliphatic heterocycles. The first-order valence-electron chi connectivity index (χ1n) is 7.14. The van der Waals surface area contributed by atoms with Crippen molar-refractivity contribution < 1.29 is 4.74 Å². The number of ether oxygens (including phenoxy) is 1. The van der Waals surface area contributed by atoms with Crippen molar-refractivity contribution in [2.75, 3.05) is 0 Å². The van der Waals surface area contributed by atoms with Gasteiger partial charge in [0.1, 0.15) is 12.4 Å². The van der Waals surface area contributed by atoms with Gasteiger partial charge in [0.2, 0.25) is 0 Å². The van der Waals surface area contributed by atoms with E-state index in [1.165, 1.54) is 16.7 Å². The third-order valence-electron chi connectivity index (χ3n) is 3.43. The average Bonchev–Trinajstić information content (AvgIpc) is 2.43. The van der Waals surface area contributed by atoms with Gasteiger partial charge in [0.25, 0.3) is 0 Å². The molecule has 0 unspecified atom stereocenters. The van der Waals surface area contributed by atoms with E-state index in [0.29, 0.717) is 6.61 Å². The summed E-state index contributed by atoms with van der Waals surface area (Å²) in [7, 11) is 0. The molecule has 0 fully saturated rings. The highest BCUT2D eigenvalue weighted by Crippen LogP contribution is 2.26. The molecule has 0 aliphatic carbocycles. The van der Waals surface area contributed by atoms with Crippen LogP contribution in [0.25, 0.3) is 0 Å². The number of nitrogens with two attached hydrogens (primary N) is 1. The summed E-state index contributed by atoms with van der Waals surface area (Å²) in [6, 6.07) is 14.6. The van der Waals surface area contributed by atoms with Crippen LogP contribution >= 0.6 is 0 Å². The lowest BCUT2D eigenvalue weighted by Crippen LogP contribution is -2.10. The zero-order valence-corrected chi connectivity index (χ0v) is 12.5. The van der Waals surface area contributed by atoms with E-state index in [0.717, 1.165) is 17.7 Å². The van der Waals surface area contributed by atoms with Crippen LogP contribution in [-0.2, 0) is 6.61 Å². The summed E-state index contributed by atoms with van der Waals surface area (Å²) in [4.78, 5) is 0. The molecule has 0 heterocycles. The smallest absolute Gasteiger partial charge is 0.124 e. The Morgan fingerprint density at radius 2 is 1.70 bits per heavy atom. The van der Waals surface area contributed by atoms with E-state index >= 15 is 0 Å². The molecule has 0 bridgehead atoms. The molecule has 2 nitrogen and oxygen atoms in total. The minimum Gasteiger partial charge on any atom is -0.489 e. The van der Waals surface area contributed by atoms with Crippen molar-refractivity contribution in [3.8, 4) is 5.75 Å². The maximum absolute atomic E-state index is 6.13. The van der Waals surface area contributed by atoms with Crippen LogP contribution in [0.15, 0.2) is 42.5 Å². The lowest BCUT2D eigenvalue weighted by molar-refractivity contribution is 0.300. The van der Waals surface area contributed by atoms with Crippen LogP contribution in [0.4, 0.5) is 0 Å². The summed E-state index contributed by atoms with van der Waals surface area (Å²) >= 11 is 0. The van der Waals surface area contributed by atoms with E-state index in [-0.39, 0.29) is 6.04 Å². The number of aryl methyl sites for hydroxylation is 2. The Kier molecular flexibility index (Phi) is 4.80. The highest BCUT2D eigenvalue weighted by molar-refractivity contribution is 5.36. The standard InChI is InChI=1S/C18H23NO/c1-4-17(19)16-7-5-6-8-18(16)20-12-15-10-13(2)9-14(3)11-15/h5-11,17H,4,12,19H2,1-3H3/t17-/m1/s1. The zero-order valence-electron chi connectivity index (χ0n) is 12.5. The second-order valence-electron chi connectivity index (χ2n) is 5.34. The van der Waals surface area contributed by atoms with Gasteiger partial charge in [-0.25, -0.2) is 0 Å². The molecule has 2 aromatic carbocycles. The van der Waals surface area contributed by atoms with Crippen LogP contribution in [0, 0.1) is 13.8 Å². The first-order valence-corrected chi connectivity index (χ1v) is 7.14. The van der Waals surface area contributed by atoms with Gasteiger partial charge in [0.05, 0.1) is 0 Å². The Hall–Kier alpha value is -1.80. The normalized spacial score (nSPS) is 12.2. The molecular weight excluding hydrogens is 246 g/mol. The van der Waals surface area contributed by atoms with Crippen molar-refractivity contribution in [1.29, 1.82) is 0 Å². The van der Waals surface area contributed by atoms with Gasteiger partial charge in [0.15, 0.2) is 0 Å². The topological polar surface area (TPSA) is 35.2 Å². The zero-order chi connectivity index (χ0) is 14.5. The van der Waals surface area contributed by atoms with Gasteiger partial charge in [-0.1, -0.05) is 54.4 Å². The number of rotatable bonds is 5. The van der Waals surface area contributed by atoms with Crippen molar-refractivity contribution in [3.63, 3.8) is 0 Å². The molecule has 0 radical (unpaired) electrons. The number of hydrogen-bond donors (Lipinski definition) is 1. The average molecular weight is 269 g/mol. The molecule has 0 aliphatic rings. The molecular formula is C18H23NO. The molecule has 0 saturated heterocycles. The highest BCUT2D eigenvalue weighted by Gasteiger charge is 2.10. The minimum atomic E-state index is 0.0328. The van der Waals surface area contributed by atoms with E-state index in [2.05, 4.69) is 39.0 Å². The van der Waals surface area contributed by atoms with Crippen molar-refractivity contribution in [2.24, 2.45) is 5.73 Å². The molecule has 2 heteroatoms. The molecule has 2 N–H and O–H groups in total. The maximum Gasteiger partial charge on any atom is 0.124 e. The molecule has 2 rings (SSSR count). The fraction of sp³-hybridized carbons (Fsp3) is 0.333. The lowest BCUT2D eigenvalue weighted by Gasteiger charge is -2.16. The van der Waals surface area contributed by atoms with E-state index in [4.69, 9.17) is 10.5 Å². The molecule has 106 valence electrons. The van der Waals surface area contributed by atoms with E-state index < -0.39 is 0 Å². The van der Waals surface area contributed by atoms with Crippen LogP contribution in [-0.4, -0.2) is 0 Å². The van der Waals surface area contributed by atoms with Crippen molar-refractivity contribution in [3.05, 3.63) is 64.7 Å². The molecule has 0 aromatic heterocycles. The molecule has 2 aromatic rings. The molecule has 0 amide bonds. The molecule has 0 saturated carbocycles. The third-order valence-corrected chi connectivity index (χ3v) is 3.43. The molecule has 1 atom stereocenters. The van der Waals surface area contributed by atoms with Crippen LogP contribution in [0.3, 0.4) is 0 Å². The number of benzene rings is 2. The molecule has 20 heavy (non-hydrogen) atoms. The molecule has 0 spiro atoms. The SMILES string of the molecule is CC[C@@H](N)c1ccccc1OCc1cc(C)cc(C)c1. The Bertz CT molecular complexity index is 557. The highest BCUT2D eigenvalue weighted by atomic mass is 16.5. The predicted octanol–water partition coefficient (Wildman–Crippen LogP) is 4.29.